The molecule has 2 unspecified atom stereocenters. The highest BCUT2D eigenvalue weighted by molar-refractivity contribution is 5.82. The van der Waals surface area contributed by atoms with Crippen LogP contribution in [0.3, 0.4) is 0 Å². The summed E-state index contributed by atoms with van der Waals surface area (Å²) in [6.07, 6.45) is -0.372. The Morgan fingerprint density at radius 2 is 1.60 bits per heavy atom. The van der Waals surface area contributed by atoms with Crippen molar-refractivity contribution in [2.24, 2.45) is 0 Å². The van der Waals surface area contributed by atoms with Gasteiger partial charge in [0.15, 0.2) is 6.10 Å². The second-order valence-corrected chi connectivity index (χ2v) is 4.91. The molecular formula is C17H19NO2. The molecule has 2 atom stereocenters. The Morgan fingerprint density at radius 3 is 2.20 bits per heavy atom. The summed E-state index contributed by atoms with van der Waals surface area (Å²) in [6.45, 7) is 1.93. The molecule has 0 aromatic heterocycles. The van der Waals surface area contributed by atoms with Crippen molar-refractivity contribution in [2.45, 2.75) is 25.5 Å². The third-order valence-corrected chi connectivity index (χ3v) is 3.14. The largest absolute Gasteiger partial charge is 0.378 e. The van der Waals surface area contributed by atoms with Crippen LogP contribution in [0.15, 0.2) is 60.7 Å². The number of carbonyl (C=O) groups excluding carboxylic acids is 1. The summed E-state index contributed by atoms with van der Waals surface area (Å²) in [5, 5.41) is 12.8. The zero-order valence-electron chi connectivity index (χ0n) is 11.5. The summed E-state index contributed by atoms with van der Waals surface area (Å²) in [5.41, 5.74) is 1.77. The lowest BCUT2D eigenvalue weighted by molar-refractivity contribution is -0.130. The van der Waals surface area contributed by atoms with Crippen molar-refractivity contribution in [3.05, 3.63) is 71.8 Å². The SMILES string of the molecule is CC(Cc1ccccc1)NC(=O)C(O)c1ccccc1. The number of carbonyl (C=O) groups is 1. The predicted octanol–water partition coefficient (Wildman–Crippen LogP) is 2.47. The maximum Gasteiger partial charge on any atom is 0.253 e. The Balaban J connectivity index is 1.91. The lowest BCUT2D eigenvalue weighted by Crippen LogP contribution is -2.37. The molecule has 0 radical (unpaired) electrons. The number of hydrogen-bond donors (Lipinski definition) is 2. The smallest absolute Gasteiger partial charge is 0.253 e. The van der Waals surface area contributed by atoms with Gasteiger partial charge in [-0.15, -0.1) is 0 Å². The fourth-order valence-corrected chi connectivity index (χ4v) is 2.13. The lowest BCUT2D eigenvalue weighted by Gasteiger charge is -2.17. The molecule has 1 amide bonds. The third-order valence-electron chi connectivity index (χ3n) is 3.14. The quantitative estimate of drug-likeness (QED) is 0.876. The second-order valence-electron chi connectivity index (χ2n) is 4.91. The minimum atomic E-state index is -1.12. The monoisotopic (exact) mass is 269 g/mol. The van der Waals surface area contributed by atoms with Crippen LogP contribution in [0.1, 0.15) is 24.2 Å². The van der Waals surface area contributed by atoms with Crippen molar-refractivity contribution in [3.8, 4) is 0 Å². The Kier molecular flexibility index (Phi) is 4.91. The predicted molar refractivity (Wildman–Crippen MR) is 79.2 cm³/mol. The number of aliphatic hydroxyl groups excluding tert-OH is 1. The van der Waals surface area contributed by atoms with E-state index in [1.807, 2.05) is 43.3 Å². The van der Waals surface area contributed by atoms with Crippen molar-refractivity contribution in [2.75, 3.05) is 0 Å². The van der Waals surface area contributed by atoms with E-state index in [0.29, 0.717) is 5.56 Å². The number of amides is 1. The standard InChI is InChI=1S/C17H19NO2/c1-13(12-14-8-4-2-5-9-14)18-17(20)16(19)15-10-6-3-7-11-15/h2-11,13,16,19H,12H2,1H3,(H,18,20). The first-order valence-electron chi connectivity index (χ1n) is 6.74. The fourth-order valence-electron chi connectivity index (χ4n) is 2.13. The van der Waals surface area contributed by atoms with E-state index in [1.54, 1.807) is 24.3 Å². The Labute approximate surface area is 119 Å². The Morgan fingerprint density at radius 1 is 1.05 bits per heavy atom. The van der Waals surface area contributed by atoms with E-state index < -0.39 is 6.10 Å². The maximum atomic E-state index is 12.0. The average molecular weight is 269 g/mol. The van der Waals surface area contributed by atoms with Gasteiger partial charge in [0.25, 0.3) is 5.91 Å². The topological polar surface area (TPSA) is 49.3 Å². The van der Waals surface area contributed by atoms with Crippen LogP contribution in [0.25, 0.3) is 0 Å². The van der Waals surface area contributed by atoms with Gasteiger partial charge in [-0.3, -0.25) is 4.79 Å². The van der Waals surface area contributed by atoms with Crippen LogP contribution in [-0.2, 0) is 11.2 Å². The number of rotatable bonds is 5. The van der Waals surface area contributed by atoms with Gasteiger partial charge >= 0.3 is 0 Å². The summed E-state index contributed by atoms with van der Waals surface area (Å²) in [4.78, 5) is 12.0. The van der Waals surface area contributed by atoms with Crippen molar-refractivity contribution in [1.29, 1.82) is 0 Å². The van der Waals surface area contributed by atoms with Gasteiger partial charge in [0, 0.05) is 6.04 Å². The van der Waals surface area contributed by atoms with E-state index in [1.165, 1.54) is 0 Å². The third kappa shape index (κ3) is 3.93. The Bertz CT molecular complexity index is 539. The molecule has 2 N–H and O–H groups in total. The molecule has 0 spiro atoms. The van der Waals surface area contributed by atoms with Crippen molar-refractivity contribution < 1.29 is 9.90 Å². The van der Waals surface area contributed by atoms with Crippen LogP contribution in [0.4, 0.5) is 0 Å². The first-order valence-corrected chi connectivity index (χ1v) is 6.74. The molecule has 3 heteroatoms. The molecule has 0 aliphatic heterocycles. The number of nitrogens with one attached hydrogen (secondary N) is 1. The molecule has 104 valence electrons. The van der Waals surface area contributed by atoms with Crippen molar-refractivity contribution >= 4 is 5.91 Å². The molecule has 0 bridgehead atoms. The number of aliphatic hydroxyl groups is 1. The summed E-state index contributed by atoms with van der Waals surface area (Å²) in [7, 11) is 0. The first-order chi connectivity index (χ1) is 9.66. The maximum absolute atomic E-state index is 12.0. The zero-order chi connectivity index (χ0) is 14.4. The molecule has 20 heavy (non-hydrogen) atoms. The van der Waals surface area contributed by atoms with E-state index >= 15 is 0 Å². The van der Waals surface area contributed by atoms with Crippen LogP contribution in [0, 0.1) is 0 Å². The summed E-state index contributed by atoms with van der Waals surface area (Å²) in [6, 6.07) is 18.9. The second kappa shape index (κ2) is 6.87. The van der Waals surface area contributed by atoms with E-state index in [0.717, 1.165) is 12.0 Å². The number of hydrogen-bond acceptors (Lipinski definition) is 2. The molecule has 0 fully saturated rings. The summed E-state index contributed by atoms with van der Waals surface area (Å²) < 4.78 is 0. The van der Waals surface area contributed by atoms with Gasteiger partial charge in [-0.2, -0.15) is 0 Å². The zero-order valence-corrected chi connectivity index (χ0v) is 11.5. The minimum absolute atomic E-state index is 0.0248. The normalized spacial score (nSPS) is 13.5. The first kappa shape index (κ1) is 14.3. The summed E-state index contributed by atoms with van der Waals surface area (Å²) in [5.74, 6) is -0.361. The molecular weight excluding hydrogens is 250 g/mol. The molecule has 0 aliphatic rings. The highest BCUT2D eigenvalue weighted by atomic mass is 16.3. The average Bonchev–Trinajstić information content (AvgIpc) is 2.48. The van der Waals surface area contributed by atoms with Crippen LogP contribution in [0.2, 0.25) is 0 Å². The van der Waals surface area contributed by atoms with Gasteiger partial charge in [-0.25, -0.2) is 0 Å². The fraction of sp³-hybridized carbons (Fsp3) is 0.235. The molecule has 0 heterocycles. The molecule has 2 rings (SSSR count). The van der Waals surface area contributed by atoms with Gasteiger partial charge in [0.2, 0.25) is 0 Å². The molecule has 3 nitrogen and oxygen atoms in total. The highest BCUT2D eigenvalue weighted by Crippen LogP contribution is 2.12. The van der Waals surface area contributed by atoms with Crippen LogP contribution >= 0.6 is 0 Å². The van der Waals surface area contributed by atoms with Crippen molar-refractivity contribution in [3.63, 3.8) is 0 Å². The van der Waals surface area contributed by atoms with Gasteiger partial charge in [-0.1, -0.05) is 60.7 Å². The van der Waals surface area contributed by atoms with Crippen LogP contribution < -0.4 is 5.32 Å². The van der Waals surface area contributed by atoms with Gasteiger partial charge in [0.1, 0.15) is 0 Å². The highest BCUT2D eigenvalue weighted by Gasteiger charge is 2.18. The molecule has 2 aromatic carbocycles. The molecule has 0 saturated carbocycles. The van der Waals surface area contributed by atoms with E-state index in [4.69, 9.17) is 0 Å². The Hall–Kier alpha value is -2.13. The number of benzene rings is 2. The van der Waals surface area contributed by atoms with Gasteiger partial charge < -0.3 is 10.4 Å². The minimum Gasteiger partial charge on any atom is -0.378 e. The van der Waals surface area contributed by atoms with Gasteiger partial charge in [0.05, 0.1) is 0 Å². The van der Waals surface area contributed by atoms with Gasteiger partial charge in [-0.05, 0) is 24.5 Å². The van der Waals surface area contributed by atoms with Crippen LogP contribution in [-0.4, -0.2) is 17.1 Å². The molecule has 0 aliphatic carbocycles. The van der Waals surface area contributed by atoms with E-state index in [-0.39, 0.29) is 11.9 Å². The molecule has 2 aromatic rings. The van der Waals surface area contributed by atoms with Crippen LogP contribution in [0.5, 0.6) is 0 Å². The molecule has 0 saturated heterocycles. The van der Waals surface area contributed by atoms with Crippen molar-refractivity contribution in [1.82, 2.24) is 5.32 Å². The van der Waals surface area contributed by atoms with E-state index in [2.05, 4.69) is 5.32 Å². The summed E-state index contributed by atoms with van der Waals surface area (Å²) >= 11 is 0. The lowest BCUT2D eigenvalue weighted by atomic mass is 10.1. The van der Waals surface area contributed by atoms with E-state index in [9.17, 15) is 9.90 Å².